The van der Waals surface area contributed by atoms with E-state index in [0.29, 0.717) is 0 Å². The molecule has 0 aliphatic heterocycles. The van der Waals surface area contributed by atoms with Crippen molar-refractivity contribution in [3.63, 3.8) is 0 Å². The quantitative estimate of drug-likeness (QED) is 0.283. The largest absolute Gasteiger partial charge is 0.465 e. The first-order valence-corrected chi connectivity index (χ1v) is 8.28. The molecule has 144 valence electrons. The van der Waals surface area contributed by atoms with E-state index in [1.54, 1.807) is 0 Å². The summed E-state index contributed by atoms with van der Waals surface area (Å²) in [5, 5.41) is 2.22. The Hall–Kier alpha value is -2.32. The van der Waals surface area contributed by atoms with E-state index >= 15 is 0 Å². The fourth-order valence-electron chi connectivity index (χ4n) is 2.85. The van der Waals surface area contributed by atoms with Gasteiger partial charge in [-0.25, -0.2) is 4.99 Å². The minimum absolute atomic E-state index is 0.0959. The third-order valence-corrected chi connectivity index (χ3v) is 3.77. The average Bonchev–Trinajstić information content (AvgIpc) is 2.50. The Morgan fingerprint density at radius 2 is 1.38 bits per heavy atom. The molecule has 0 N–H and O–H groups in total. The van der Waals surface area contributed by atoms with Crippen LogP contribution in [0.1, 0.15) is 34.1 Å². The van der Waals surface area contributed by atoms with E-state index in [1.807, 2.05) is 0 Å². The van der Waals surface area contributed by atoms with Gasteiger partial charge >= 0.3 is 23.9 Å². The van der Waals surface area contributed by atoms with Crippen LogP contribution in [-0.4, -0.2) is 60.0 Å². The molecule has 1 rings (SSSR count). The highest BCUT2D eigenvalue weighted by Crippen LogP contribution is 2.34. The van der Waals surface area contributed by atoms with Crippen LogP contribution in [0.3, 0.4) is 0 Å². The molecule has 10 heteroatoms. The molecule has 9 nitrogen and oxygen atoms in total. The summed E-state index contributed by atoms with van der Waals surface area (Å²) in [5.41, 5.74) is 0. The number of ether oxygens (including phenoxy) is 4. The molecule has 26 heavy (non-hydrogen) atoms. The van der Waals surface area contributed by atoms with Gasteiger partial charge in [-0.05, 0) is 18.6 Å². The highest BCUT2D eigenvalue weighted by molar-refractivity contribution is 7.78. The minimum atomic E-state index is -1.13. The van der Waals surface area contributed by atoms with Crippen LogP contribution in [-0.2, 0) is 38.1 Å². The summed E-state index contributed by atoms with van der Waals surface area (Å²) in [5.74, 6) is -2.98. The lowest BCUT2D eigenvalue weighted by Crippen LogP contribution is -2.58. The van der Waals surface area contributed by atoms with Gasteiger partial charge in [0, 0.05) is 33.6 Å². The number of aliphatic imine (C=N–C) groups is 1. The molecular formula is C16H21NO8S. The van der Waals surface area contributed by atoms with Gasteiger partial charge in [-0.1, -0.05) is 0 Å². The monoisotopic (exact) mass is 387 g/mol. The Morgan fingerprint density at radius 1 is 0.885 bits per heavy atom. The molecule has 0 amide bonds. The number of rotatable bonds is 6. The lowest BCUT2D eigenvalue weighted by atomic mass is 9.79. The van der Waals surface area contributed by atoms with E-state index in [-0.39, 0.29) is 13.0 Å². The first kappa shape index (κ1) is 21.7. The second kappa shape index (κ2) is 9.98. The molecule has 1 aliphatic rings. The number of nitrogens with zero attached hydrogens (tertiary/aromatic N) is 1. The maximum Gasteiger partial charge on any atom is 0.303 e. The van der Waals surface area contributed by atoms with Gasteiger partial charge in [0.25, 0.3) is 0 Å². The van der Waals surface area contributed by atoms with Crippen LogP contribution in [0.4, 0.5) is 0 Å². The molecule has 0 bridgehead atoms. The molecule has 0 heterocycles. The van der Waals surface area contributed by atoms with Crippen molar-refractivity contribution >= 4 is 41.3 Å². The van der Waals surface area contributed by atoms with Crippen molar-refractivity contribution in [2.75, 3.05) is 6.61 Å². The van der Waals surface area contributed by atoms with E-state index in [4.69, 9.17) is 18.9 Å². The third kappa shape index (κ3) is 6.53. The Bertz CT molecular complexity index is 615. The first-order chi connectivity index (χ1) is 12.1. The van der Waals surface area contributed by atoms with Crippen molar-refractivity contribution in [1.82, 2.24) is 0 Å². The number of thiocarbonyl (C=S) groups is 1. The maximum atomic E-state index is 11.6. The standard InChI is InChI=1S/C16H21NO8S/c1-8(18)22-6-12-5-13(17-7-26)15(24-10(3)20)16(25-11(4)21)14(12)23-9(2)19/h12-16H,5-6H2,1-4H3. The molecule has 0 aromatic heterocycles. The molecular weight excluding hydrogens is 366 g/mol. The van der Waals surface area contributed by atoms with Crippen molar-refractivity contribution < 1.29 is 38.1 Å². The second-order valence-corrected chi connectivity index (χ2v) is 5.99. The van der Waals surface area contributed by atoms with Crippen LogP contribution in [0.15, 0.2) is 4.99 Å². The van der Waals surface area contributed by atoms with Crippen molar-refractivity contribution in [1.29, 1.82) is 0 Å². The summed E-state index contributed by atoms with van der Waals surface area (Å²) in [6.45, 7) is 4.69. The molecule has 1 fully saturated rings. The summed E-state index contributed by atoms with van der Waals surface area (Å²) >= 11 is 4.63. The van der Waals surface area contributed by atoms with Crippen LogP contribution in [0.25, 0.3) is 0 Å². The van der Waals surface area contributed by atoms with Crippen molar-refractivity contribution in [3.8, 4) is 0 Å². The van der Waals surface area contributed by atoms with Crippen molar-refractivity contribution in [2.45, 2.75) is 58.5 Å². The summed E-state index contributed by atoms with van der Waals surface area (Å²) in [6.07, 6.45) is -2.93. The highest BCUT2D eigenvalue weighted by Gasteiger charge is 2.51. The smallest absolute Gasteiger partial charge is 0.303 e. The van der Waals surface area contributed by atoms with E-state index in [1.165, 1.54) is 27.7 Å². The second-order valence-electron chi connectivity index (χ2n) is 5.81. The van der Waals surface area contributed by atoms with Crippen LogP contribution in [0, 0.1) is 5.92 Å². The van der Waals surface area contributed by atoms with Crippen LogP contribution in [0.2, 0.25) is 0 Å². The zero-order chi connectivity index (χ0) is 19.9. The average molecular weight is 387 g/mol. The molecule has 0 aromatic rings. The van der Waals surface area contributed by atoms with Gasteiger partial charge in [-0.15, -0.1) is 0 Å². The van der Waals surface area contributed by atoms with Gasteiger partial charge in [0.05, 0.1) is 11.8 Å². The van der Waals surface area contributed by atoms with Gasteiger partial charge < -0.3 is 18.9 Å². The molecule has 0 saturated heterocycles. The number of hydrogen-bond acceptors (Lipinski definition) is 10. The van der Waals surface area contributed by atoms with Gasteiger partial charge in [0.15, 0.2) is 12.2 Å². The molecule has 5 atom stereocenters. The maximum absolute atomic E-state index is 11.6. The topological polar surface area (TPSA) is 118 Å². The number of carbonyl (C=O) groups is 4. The minimum Gasteiger partial charge on any atom is -0.465 e. The number of hydrogen-bond donors (Lipinski definition) is 0. The predicted octanol–water partition coefficient (Wildman–Crippen LogP) is 0.836. The molecule has 0 aromatic carbocycles. The van der Waals surface area contributed by atoms with Gasteiger partial charge in [-0.3, -0.25) is 19.2 Å². The van der Waals surface area contributed by atoms with Crippen LogP contribution < -0.4 is 0 Å². The Morgan fingerprint density at radius 3 is 1.85 bits per heavy atom. The molecule has 0 radical (unpaired) electrons. The molecule has 1 saturated carbocycles. The lowest BCUT2D eigenvalue weighted by Gasteiger charge is -2.42. The zero-order valence-electron chi connectivity index (χ0n) is 14.9. The lowest BCUT2D eigenvalue weighted by molar-refractivity contribution is -0.201. The normalized spacial score (nSPS) is 27.5. The number of carbonyl (C=O) groups excluding carboxylic acids is 4. The van der Waals surface area contributed by atoms with Crippen molar-refractivity contribution in [3.05, 3.63) is 0 Å². The van der Waals surface area contributed by atoms with E-state index in [0.717, 1.165) is 0 Å². The van der Waals surface area contributed by atoms with Crippen LogP contribution in [0.5, 0.6) is 0 Å². The number of esters is 4. The molecule has 5 unspecified atom stereocenters. The summed E-state index contributed by atoms with van der Waals surface area (Å²) in [4.78, 5) is 49.7. The first-order valence-electron chi connectivity index (χ1n) is 7.87. The third-order valence-electron chi connectivity index (χ3n) is 3.66. The fourth-order valence-corrected chi connectivity index (χ4v) is 2.99. The van der Waals surface area contributed by atoms with E-state index in [9.17, 15) is 19.2 Å². The Balaban J connectivity index is 3.28. The summed E-state index contributed by atoms with van der Waals surface area (Å²) in [6, 6.07) is -0.701. The Kier molecular flexibility index (Phi) is 8.34. The summed E-state index contributed by atoms with van der Waals surface area (Å²) in [7, 11) is 0. The van der Waals surface area contributed by atoms with Crippen LogP contribution >= 0.6 is 12.2 Å². The van der Waals surface area contributed by atoms with E-state index in [2.05, 4.69) is 22.4 Å². The highest BCUT2D eigenvalue weighted by atomic mass is 32.1. The fraction of sp³-hybridized carbons (Fsp3) is 0.688. The van der Waals surface area contributed by atoms with Crippen molar-refractivity contribution in [2.24, 2.45) is 10.9 Å². The molecule has 1 aliphatic carbocycles. The van der Waals surface area contributed by atoms with Gasteiger partial charge in [-0.2, -0.15) is 0 Å². The molecule has 0 spiro atoms. The zero-order valence-corrected chi connectivity index (χ0v) is 15.7. The number of isothiocyanates is 1. The Labute approximate surface area is 156 Å². The van der Waals surface area contributed by atoms with Gasteiger partial charge in [0.1, 0.15) is 12.1 Å². The predicted molar refractivity (Wildman–Crippen MR) is 90.2 cm³/mol. The van der Waals surface area contributed by atoms with E-state index < -0.39 is 54.1 Å². The summed E-state index contributed by atoms with van der Waals surface area (Å²) < 4.78 is 20.9. The SMILES string of the molecule is CC(=O)OCC1CC(N=C=S)C(OC(C)=O)C(OC(C)=O)C1OC(C)=O. The van der Waals surface area contributed by atoms with Gasteiger partial charge in [0.2, 0.25) is 0 Å².